The first-order chi connectivity index (χ1) is 9.95. The third kappa shape index (κ3) is 2.23. The molecule has 0 amide bonds. The van der Waals surface area contributed by atoms with Crippen molar-refractivity contribution < 1.29 is 9.53 Å². The van der Waals surface area contributed by atoms with Gasteiger partial charge in [-0.05, 0) is 58.1 Å². The van der Waals surface area contributed by atoms with Gasteiger partial charge in [0.05, 0.1) is 0 Å². The molecule has 0 bridgehead atoms. The van der Waals surface area contributed by atoms with E-state index in [1.54, 1.807) is 6.07 Å². The molecule has 2 aromatic carbocycles. The Bertz CT molecular complexity index is 736. The lowest BCUT2D eigenvalue weighted by Gasteiger charge is -2.22. The van der Waals surface area contributed by atoms with Gasteiger partial charge in [-0.25, -0.2) is 0 Å². The van der Waals surface area contributed by atoms with E-state index in [0.29, 0.717) is 5.56 Å². The molecule has 0 N–H and O–H groups in total. The van der Waals surface area contributed by atoms with Crippen LogP contribution in [0, 0.1) is 0 Å². The zero-order valence-corrected chi connectivity index (χ0v) is 13.3. The highest BCUT2D eigenvalue weighted by molar-refractivity contribution is 6.67. The third-order valence-electron chi connectivity index (χ3n) is 4.10. The van der Waals surface area contributed by atoms with Crippen molar-refractivity contribution in [1.29, 1.82) is 0 Å². The van der Waals surface area contributed by atoms with Crippen LogP contribution in [0.5, 0.6) is 5.75 Å². The van der Waals surface area contributed by atoms with Gasteiger partial charge in [-0.2, -0.15) is 0 Å². The highest BCUT2D eigenvalue weighted by atomic mass is 35.5. The number of alkyl halides is 1. The number of rotatable bonds is 3. The van der Waals surface area contributed by atoms with Crippen LogP contribution in [0.4, 0.5) is 0 Å². The summed E-state index contributed by atoms with van der Waals surface area (Å²) in [5.74, 6) is 0.748. The molecule has 21 heavy (non-hydrogen) atoms. The van der Waals surface area contributed by atoms with Gasteiger partial charge < -0.3 is 4.74 Å². The summed E-state index contributed by atoms with van der Waals surface area (Å²) in [4.78, 5) is 11.4. The van der Waals surface area contributed by atoms with Crippen LogP contribution in [0.3, 0.4) is 0 Å². The summed E-state index contributed by atoms with van der Waals surface area (Å²) in [7, 11) is 0. The maximum atomic E-state index is 11.4. The minimum absolute atomic E-state index is 0.122. The van der Waals surface area contributed by atoms with Gasteiger partial charge in [-0.1, -0.05) is 37.6 Å². The van der Waals surface area contributed by atoms with Gasteiger partial charge in [-0.15, -0.1) is 0 Å². The molecule has 0 aliphatic heterocycles. The first kappa shape index (κ1) is 14.4. The Morgan fingerprint density at radius 2 is 1.71 bits per heavy atom. The largest absolute Gasteiger partial charge is 0.478 e. The molecule has 2 nitrogen and oxygen atoms in total. The topological polar surface area (TPSA) is 26.3 Å². The Hall–Kier alpha value is -1.51. The van der Waals surface area contributed by atoms with Crippen LogP contribution < -0.4 is 4.74 Å². The number of hydrogen-bond donors (Lipinski definition) is 0. The molecular formula is C17H14Cl2O2. The number of hydrogen-bond acceptors (Lipinski definition) is 2. The second-order valence-electron chi connectivity index (χ2n) is 5.62. The molecule has 0 heterocycles. The fourth-order valence-corrected chi connectivity index (χ4v) is 3.24. The van der Waals surface area contributed by atoms with Gasteiger partial charge in [0.1, 0.15) is 5.75 Å². The fraction of sp³-hybridized carbons (Fsp3) is 0.235. The van der Waals surface area contributed by atoms with E-state index in [9.17, 15) is 4.79 Å². The minimum atomic E-state index is -0.435. The molecule has 0 spiro atoms. The quantitative estimate of drug-likeness (QED) is 0.591. The van der Waals surface area contributed by atoms with Crippen molar-refractivity contribution in [2.24, 2.45) is 0 Å². The van der Waals surface area contributed by atoms with Crippen LogP contribution in [-0.2, 0) is 5.41 Å². The van der Waals surface area contributed by atoms with Gasteiger partial charge >= 0.3 is 0 Å². The third-order valence-corrected chi connectivity index (χ3v) is 4.42. The highest BCUT2D eigenvalue weighted by Gasteiger charge is 2.36. The van der Waals surface area contributed by atoms with E-state index >= 15 is 0 Å². The van der Waals surface area contributed by atoms with Crippen LogP contribution >= 0.6 is 23.2 Å². The molecule has 0 saturated heterocycles. The molecule has 0 atom stereocenters. The van der Waals surface area contributed by atoms with E-state index in [1.807, 2.05) is 30.3 Å². The second kappa shape index (κ2) is 5.04. The van der Waals surface area contributed by atoms with E-state index in [-0.39, 0.29) is 11.5 Å². The molecular weight excluding hydrogens is 307 g/mol. The molecule has 0 radical (unpaired) electrons. The van der Waals surface area contributed by atoms with Gasteiger partial charge in [0.2, 0.25) is 0 Å². The lowest BCUT2D eigenvalue weighted by Crippen LogP contribution is -2.15. The SMILES string of the molecule is CC1(C)c2cc(OCCl)ccc2-c2ccc(C(=O)Cl)cc21. The first-order valence-electron chi connectivity index (χ1n) is 6.63. The minimum Gasteiger partial charge on any atom is -0.478 e. The molecule has 4 heteroatoms. The van der Waals surface area contributed by atoms with Crippen molar-refractivity contribution in [3.05, 3.63) is 53.1 Å². The molecule has 108 valence electrons. The highest BCUT2D eigenvalue weighted by Crippen LogP contribution is 2.49. The number of benzene rings is 2. The summed E-state index contributed by atoms with van der Waals surface area (Å²) in [6.45, 7) is 4.26. The number of carbonyl (C=O) groups is 1. The standard InChI is InChI=1S/C17H14Cl2O2/c1-17(2)14-7-10(16(19)20)3-5-12(14)13-6-4-11(21-9-18)8-15(13)17/h3-8H,9H2,1-2H3. The molecule has 2 aromatic rings. The average Bonchev–Trinajstić information content (AvgIpc) is 2.68. The number of fused-ring (bicyclic) bond motifs is 3. The van der Waals surface area contributed by atoms with Gasteiger partial charge in [0.15, 0.2) is 6.07 Å². The summed E-state index contributed by atoms with van der Waals surface area (Å²) in [5.41, 5.74) is 4.87. The van der Waals surface area contributed by atoms with E-state index in [0.717, 1.165) is 22.4 Å². The monoisotopic (exact) mass is 320 g/mol. The van der Waals surface area contributed by atoms with E-state index in [4.69, 9.17) is 27.9 Å². The average molecular weight is 321 g/mol. The Labute approximate surface area is 133 Å². The van der Waals surface area contributed by atoms with Crippen molar-refractivity contribution in [3.63, 3.8) is 0 Å². The van der Waals surface area contributed by atoms with Crippen LogP contribution in [0.1, 0.15) is 35.3 Å². The predicted molar refractivity (Wildman–Crippen MR) is 85.5 cm³/mol. The van der Waals surface area contributed by atoms with E-state index < -0.39 is 5.24 Å². The maximum absolute atomic E-state index is 11.4. The van der Waals surface area contributed by atoms with E-state index in [2.05, 4.69) is 13.8 Å². The van der Waals surface area contributed by atoms with Crippen molar-refractivity contribution in [3.8, 4) is 16.9 Å². The predicted octanol–water partition coefficient (Wildman–Crippen LogP) is 4.95. The van der Waals surface area contributed by atoms with E-state index in [1.165, 1.54) is 5.56 Å². The molecule has 0 saturated carbocycles. The van der Waals surface area contributed by atoms with Crippen molar-refractivity contribution >= 4 is 28.4 Å². The molecule has 1 aliphatic carbocycles. The Balaban J connectivity index is 2.19. The number of carbonyl (C=O) groups excluding carboxylic acids is 1. The Morgan fingerprint density at radius 3 is 2.33 bits per heavy atom. The fourth-order valence-electron chi connectivity index (χ4n) is 2.99. The van der Waals surface area contributed by atoms with Crippen molar-refractivity contribution in [2.75, 3.05) is 6.07 Å². The molecule has 0 unspecified atom stereocenters. The van der Waals surface area contributed by atoms with Crippen LogP contribution in [-0.4, -0.2) is 11.3 Å². The van der Waals surface area contributed by atoms with Gasteiger partial charge in [0.25, 0.3) is 5.24 Å². The van der Waals surface area contributed by atoms with Crippen LogP contribution in [0.15, 0.2) is 36.4 Å². The first-order valence-corrected chi connectivity index (χ1v) is 7.54. The molecule has 1 aliphatic rings. The summed E-state index contributed by atoms with van der Waals surface area (Å²) < 4.78 is 5.38. The normalized spacial score (nSPS) is 14.5. The van der Waals surface area contributed by atoms with Gasteiger partial charge in [0, 0.05) is 11.0 Å². The summed E-state index contributed by atoms with van der Waals surface area (Å²) in [5, 5.41) is -0.435. The molecule has 0 fully saturated rings. The van der Waals surface area contributed by atoms with Crippen LogP contribution in [0.2, 0.25) is 0 Å². The molecule has 0 aromatic heterocycles. The molecule has 3 rings (SSSR count). The zero-order chi connectivity index (χ0) is 15.2. The lowest BCUT2D eigenvalue weighted by molar-refractivity contribution is 0.108. The second-order valence-corrected chi connectivity index (χ2v) is 6.18. The van der Waals surface area contributed by atoms with Gasteiger partial charge in [-0.3, -0.25) is 4.79 Å². The number of ether oxygens (including phenoxy) is 1. The van der Waals surface area contributed by atoms with Crippen molar-refractivity contribution in [2.45, 2.75) is 19.3 Å². The smallest absolute Gasteiger partial charge is 0.252 e. The number of halogens is 2. The summed E-state index contributed by atoms with van der Waals surface area (Å²) >= 11 is 11.2. The Kier molecular flexibility index (Phi) is 3.46. The summed E-state index contributed by atoms with van der Waals surface area (Å²) in [6.07, 6.45) is 0. The summed E-state index contributed by atoms with van der Waals surface area (Å²) in [6, 6.07) is 11.7. The zero-order valence-electron chi connectivity index (χ0n) is 11.7. The Morgan fingerprint density at radius 1 is 1.10 bits per heavy atom. The van der Waals surface area contributed by atoms with Crippen molar-refractivity contribution in [1.82, 2.24) is 0 Å². The lowest BCUT2D eigenvalue weighted by atomic mass is 9.82. The van der Waals surface area contributed by atoms with Crippen LogP contribution in [0.25, 0.3) is 11.1 Å². The maximum Gasteiger partial charge on any atom is 0.252 e.